The summed E-state index contributed by atoms with van der Waals surface area (Å²) in [5.74, 6) is 0.862. The highest BCUT2D eigenvalue weighted by atomic mass is 16.5. The highest BCUT2D eigenvalue weighted by molar-refractivity contribution is 5.33. The summed E-state index contributed by atoms with van der Waals surface area (Å²) in [6.07, 6.45) is 4.89. The molecule has 0 aromatic heterocycles. The van der Waals surface area contributed by atoms with Crippen LogP contribution in [-0.4, -0.2) is 27.5 Å². The van der Waals surface area contributed by atoms with Crippen LogP contribution in [0.2, 0.25) is 0 Å². The van der Waals surface area contributed by atoms with Crippen LogP contribution in [0, 0.1) is 0 Å². The van der Waals surface area contributed by atoms with Gasteiger partial charge in [0.15, 0.2) is 0 Å². The largest absolute Gasteiger partial charge is 0.494 e. The lowest BCUT2D eigenvalue weighted by atomic mass is 9.92. The molecular weight excluding hydrogens is 352 g/mol. The SMILES string of the molecule is CCC(O)(CC)CCCOc1cccc(CCc2ccc(CO)c(CO)c2)c1. The Kier molecular flexibility index (Phi) is 8.97. The van der Waals surface area contributed by atoms with Crippen molar-refractivity contribution >= 4 is 0 Å². The van der Waals surface area contributed by atoms with E-state index in [0.29, 0.717) is 6.61 Å². The molecule has 3 N–H and O–H groups in total. The number of hydrogen-bond donors (Lipinski definition) is 3. The van der Waals surface area contributed by atoms with Crippen LogP contribution >= 0.6 is 0 Å². The average molecular weight is 387 g/mol. The van der Waals surface area contributed by atoms with Crippen LogP contribution in [-0.2, 0) is 26.1 Å². The Morgan fingerprint density at radius 1 is 0.857 bits per heavy atom. The van der Waals surface area contributed by atoms with Crippen molar-refractivity contribution in [1.82, 2.24) is 0 Å². The summed E-state index contributed by atoms with van der Waals surface area (Å²) in [4.78, 5) is 0. The first kappa shape index (κ1) is 22.4. The van der Waals surface area contributed by atoms with Crippen molar-refractivity contribution in [3.63, 3.8) is 0 Å². The number of aryl methyl sites for hydroxylation is 2. The smallest absolute Gasteiger partial charge is 0.119 e. The molecule has 0 saturated heterocycles. The van der Waals surface area contributed by atoms with Gasteiger partial charge in [-0.15, -0.1) is 0 Å². The lowest BCUT2D eigenvalue weighted by molar-refractivity contribution is 0.0185. The third kappa shape index (κ3) is 6.62. The number of aliphatic hydroxyl groups is 3. The van der Waals surface area contributed by atoms with E-state index < -0.39 is 5.60 Å². The number of benzene rings is 2. The van der Waals surface area contributed by atoms with E-state index in [4.69, 9.17) is 4.74 Å². The van der Waals surface area contributed by atoms with Crippen LogP contribution in [0.25, 0.3) is 0 Å². The maximum Gasteiger partial charge on any atom is 0.119 e. The lowest BCUT2D eigenvalue weighted by Gasteiger charge is -2.24. The van der Waals surface area contributed by atoms with E-state index >= 15 is 0 Å². The Bertz CT molecular complexity index is 722. The van der Waals surface area contributed by atoms with E-state index in [-0.39, 0.29) is 13.2 Å². The van der Waals surface area contributed by atoms with E-state index in [9.17, 15) is 15.3 Å². The highest BCUT2D eigenvalue weighted by Crippen LogP contribution is 2.22. The van der Waals surface area contributed by atoms with Crippen molar-refractivity contribution in [1.29, 1.82) is 0 Å². The quantitative estimate of drug-likeness (QED) is 0.479. The van der Waals surface area contributed by atoms with Gasteiger partial charge < -0.3 is 20.1 Å². The maximum atomic E-state index is 10.3. The van der Waals surface area contributed by atoms with Gasteiger partial charge in [0.2, 0.25) is 0 Å². The van der Waals surface area contributed by atoms with Gasteiger partial charge in [-0.25, -0.2) is 0 Å². The molecule has 2 aromatic rings. The molecule has 0 atom stereocenters. The monoisotopic (exact) mass is 386 g/mol. The molecular formula is C24H34O4. The van der Waals surface area contributed by atoms with Crippen molar-refractivity contribution < 1.29 is 20.1 Å². The van der Waals surface area contributed by atoms with Crippen molar-refractivity contribution in [3.8, 4) is 5.75 Å². The van der Waals surface area contributed by atoms with E-state index in [0.717, 1.165) is 61.0 Å². The summed E-state index contributed by atoms with van der Waals surface area (Å²) in [6.45, 7) is 4.54. The molecule has 2 rings (SSSR count). The number of hydrogen-bond acceptors (Lipinski definition) is 4. The predicted octanol–water partition coefficient (Wildman–Crippen LogP) is 4.17. The van der Waals surface area contributed by atoms with Gasteiger partial charge in [-0.1, -0.05) is 44.2 Å². The molecule has 0 aliphatic heterocycles. The van der Waals surface area contributed by atoms with Gasteiger partial charge >= 0.3 is 0 Å². The second-order valence-electron chi connectivity index (χ2n) is 7.45. The molecule has 0 heterocycles. The van der Waals surface area contributed by atoms with Gasteiger partial charge in [-0.3, -0.25) is 0 Å². The second kappa shape index (κ2) is 11.2. The minimum atomic E-state index is -0.565. The first-order valence-electron chi connectivity index (χ1n) is 10.3. The molecule has 0 bridgehead atoms. The molecule has 0 radical (unpaired) electrons. The summed E-state index contributed by atoms with van der Waals surface area (Å²) in [5, 5.41) is 29.1. The molecule has 0 unspecified atom stereocenters. The summed E-state index contributed by atoms with van der Waals surface area (Å²) in [7, 11) is 0. The van der Waals surface area contributed by atoms with E-state index in [1.807, 2.05) is 44.2 Å². The Morgan fingerprint density at radius 2 is 1.54 bits per heavy atom. The molecule has 0 saturated carbocycles. The molecule has 2 aromatic carbocycles. The maximum absolute atomic E-state index is 10.3. The van der Waals surface area contributed by atoms with Gasteiger partial charge in [0.25, 0.3) is 0 Å². The van der Waals surface area contributed by atoms with Crippen LogP contribution in [0.5, 0.6) is 5.75 Å². The third-order valence-electron chi connectivity index (χ3n) is 5.58. The zero-order valence-corrected chi connectivity index (χ0v) is 17.2. The Hall–Kier alpha value is -1.88. The van der Waals surface area contributed by atoms with E-state index in [2.05, 4.69) is 12.1 Å². The van der Waals surface area contributed by atoms with Gasteiger partial charge in [-0.05, 0) is 72.9 Å². The minimum Gasteiger partial charge on any atom is -0.494 e. The number of rotatable bonds is 12. The molecule has 4 heteroatoms. The van der Waals surface area contributed by atoms with Crippen molar-refractivity contribution in [2.45, 2.75) is 71.2 Å². The highest BCUT2D eigenvalue weighted by Gasteiger charge is 2.21. The summed E-state index contributed by atoms with van der Waals surface area (Å²) in [5.41, 5.74) is 3.35. The standard InChI is InChI=1S/C24H34O4/c1-3-24(27,4-2)13-6-14-28-23-8-5-7-19(16-23)9-10-20-11-12-21(17-25)22(15-20)18-26/h5,7-8,11-12,15-16,25-27H,3-4,6,9-10,13-14,17-18H2,1-2H3. The van der Waals surface area contributed by atoms with Crippen LogP contribution in [0.15, 0.2) is 42.5 Å². The third-order valence-corrected chi connectivity index (χ3v) is 5.58. The molecule has 0 amide bonds. The molecule has 0 aliphatic carbocycles. The molecule has 154 valence electrons. The van der Waals surface area contributed by atoms with Crippen LogP contribution < -0.4 is 4.74 Å². The zero-order valence-electron chi connectivity index (χ0n) is 17.2. The van der Waals surface area contributed by atoms with Crippen LogP contribution in [0.3, 0.4) is 0 Å². The second-order valence-corrected chi connectivity index (χ2v) is 7.45. The lowest BCUT2D eigenvalue weighted by Crippen LogP contribution is -2.26. The molecule has 28 heavy (non-hydrogen) atoms. The van der Waals surface area contributed by atoms with E-state index in [1.54, 1.807) is 0 Å². The van der Waals surface area contributed by atoms with Crippen LogP contribution in [0.4, 0.5) is 0 Å². The van der Waals surface area contributed by atoms with Crippen molar-refractivity contribution in [2.75, 3.05) is 6.61 Å². The first-order valence-corrected chi connectivity index (χ1v) is 10.3. The van der Waals surface area contributed by atoms with Crippen molar-refractivity contribution in [2.24, 2.45) is 0 Å². The average Bonchev–Trinajstić information content (AvgIpc) is 2.75. The fourth-order valence-corrected chi connectivity index (χ4v) is 3.41. The fraction of sp³-hybridized carbons (Fsp3) is 0.500. The zero-order chi connectivity index (χ0) is 20.4. The molecule has 4 nitrogen and oxygen atoms in total. The summed E-state index contributed by atoms with van der Waals surface area (Å²) >= 11 is 0. The summed E-state index contributed by atoms with van der Waals surface area (Å²) < 4.78 is 5.88. The Labute approximate surface area is 168 Å². The van der Waals surface area contributed by atoms with Gasteiger partial charge in [0.05, 0.1) is 25.4 Å². The molecule has 0 fully saturated rings. The Balaban J connectivity index is 1.86. The minimum absolute atomic E-state index is 0.0521. The van der Waals surface area contributed by atoms with Gasteiger partial charge in [0.1, 0.15) is 5.75 Å². The summed E-state index contributed by atoms with van der Waals surface area (Å²) in [6, 6.07) is 14.0. The first-order chi connectivity index (χ1) is 13.5. The Morgan fingerprint density at radius 3 is 2.18 bits per heavy atom. The van der Waals surface area contributed by atoms with Gasteiger partial charge in [-0.2, -0.15) is 0 Å². The molecule has 0 aliphatic rings. The normalized spacial score (nSPS) is 11.6. The predicted molar refractivity (Wildman–Crippen MR) is 112 cm³/mol. The molecule has 0 spiro atoms. The van der Waals surface area contributed by atoms with Crippen molar-refractivity contribution in [3.05, 3.63) is 64.7 Å². The van der Waals surface area contributed by atoms with E-state index in [1.165, 1.54) is 5.56 Å². The number of ether oxygens (including phenoxy) is 1. The van der Waals surface area contributed by atoms with Gasteiger partial charge in [0, 0.05) is 0 Å². The topological polar surface area (TPSA) is 69.9 Å². The van der Waals surface area contributed by atoms with Crippen LogP contribution in [0.1, 0.15) is 61.8 Å². The fourth-order valence-electron chi connectivity index (χ4n) is 3.41. The number of aliphatic hydroxyl groups excluding tert-OH is 2.